The molecule has 7 heteroatoms. The number of rotatable bonds is 10. The number of nitrogens with two attached hydrogens (primary N) is 1. The van der Waals surface area contributed by atoms with Gasteiger partial charge in [-0.25, -0.2) is 9.78 Å². The number of nitrogen functional groups attached to an aromatic ring is 1. The van der Waals surface area contributed by atoms with Crippen LogP contribution in [0.1, 0.15) is 57.1 Å². The van der Waals surface area contributed by atoms with Crippen molar-refractivity contribution in [2.24, 2.45) is 0 Å². The molecule has 2 aromatic rings. The summed E-state index contributed by atoms with van der Waals surface area (Å²) in [7, 11) is 0. The molecule has 0 aliphatic carbocycles. The molecule has 1 aromatic heterocycles. The number of hydrogen-bond acceptors (Lipinski definition) is 5. The molecular formula is C22H33N5O2. The molecular weight excluding hydrogens is 366 g/mol. The van der Waals surface area contributed by atoms with Crippen molar-refractivity contribution in [3.63, 3.8) is 0 Å². The Morgan fingerprint density at radius 3 is 2.34 bits per heavy atom. The van der Waals surface area contributed by atoms with Gasteiger partial charge in [-0.2, -0.15) is 4.98 Å². The first-order chi connectivity index (χ1) is 13.6. The van der Waals surface area contributed by atoms with Crippen molar-refractivity contribution < 1.29 is 9.90 Å². The second-order valence-electron chi connectivity index (χ2n) is 8.28. The van der Waals surface area contributed by atoms with Crippen LogP contribution in [0.5, 0.6) is 0 Å². The highest BCUT2D eigenvalue weighted by Crippen LogP contribution is 2.23. The van der Waals surface area contributed by atoms with Crippen LogP contribution in [0.2, 0.25) is 0 Å². The van der Waals surface area contributed by atoms with Gasteiger partial charge in [-0.15, -0.1) is 0 Å². The Bertz CT molecular complexity index is 816. The molecule has 0 aliphatic rings. The van der Waals surface area contributed by atoms with Crippen molar-refractivity contribution in [3.05, 3.63) is 35.4 Å². The maximum atomic E-state index is 10.8. The molecule has 0 saturated heterocycles. The third-order valence-electron chi connectivity index (χ3n) is 4.74. The van der Waals surface area contributed by atoms with E-state index >= 15 is 0 Å². The molecule has 7 nitrogen and oxygen atoms in total. The van der Waals surface area contributed by atoms with E-state index in [1.165, 1.54) is 11.1 Å². The van der Waals surface area contributed by atoms with Gasteiger partial charge in [0.1, 0.15) is 5.82 Å². The van der Waals surface area contributed by atoms with Crippen molar-refractivity contribution in [1.29, 1.82) is 0 Å². The largest absolute Gasteiger partial charge is 0.465 e. The van der Waals surface area contributed by atoms with Gasteiger partial charge in [0.2, 0.25) is 5.95 Å². The number of aryl methyl sites for hydroxylation is 2. The molecule has 0 fully saturated rings. The predicted molar refractivity (Wildman–Crippen MR) is 118 cm³/mol. The van der Waals surface area contributed by atoms with E-state index < -0.39 is 6.09 Å². The first kappa shape index (κ1) is 22.5. The van der Waals surface area contributed by atoms with Crippen molar-refractivity contribution in [3.8, 4) is 11.3 Å². The number of carbonyl (C=O) groups is 1. The first-order valence-electron chi connectivity index (χ1n) is 10.1. The van der Waals surface area contributed by atoms with Crippen LogP contribution in [-0.2, 0) is 0 Å². The van der Waals surface area contributed by atoms with Gasteiger partial charge in [-0.1, -0.05) is 36.5 Å². The lowest BCUT2D eigenvalue weighted by molar-refractivity contribution is 0.180. The van der Waals surface area contributed by atoms with Gasteiger partial charge in [-0.05, 0) is 52.7 Å². The Morgan fingerprint density at radius 1 is 1.03 bits per heavy atom. The number of unbranched alkanes of at least 4 members (excludes halogenated alkanes) is 3. The van der Waals surface area contributed by atoms with E-state index in [-0.39, 0.29) is 11.5 Å². The molecule has 0 saturated carbocycles. The van der Waals surface area contributed by atoms with E-state index in [1.54, 1.807) is 0 Å². The lowest BCUT2D eigenvalue weighted by Gasteiger charge is -2.24. The number of anilines is 2. The van der Waals surface area contributed by atoms with Crippen LogP contribution in [0.3, 0.4) is 0 Å². The Morgan fingerprint density at radius 2 is 1.69 bits per heavy atom. The molecule has 0 spiro atoms. The van der Waals surface area contributed by atoms with Crippen LogP contribution in [0.25, 0.3) is 11.3 Å². The van der Waals surface area contributed by atoms with E-state index in [1.807, 2.05) is 19.9 Å². The van der Waals surface area contributed by atoms with E-state index in [0.717, 1.165) is 55.7 Å². The molecule has 2 rings (SSSR count). The summed E-state index contributed by atoms with van der Waals surface area (Å²) in [6, 6.07) is 8.26. The Labute approximate surface area is 173 Å². The summed E-state index contributed by atoms with van der Waals surface area (Å²) >= 11 is 0. The van der Waals surface area contributed by atoms with Gasteiger partial charge < -0.3 is 21.5 Å². The summed E-state index contributed by atoms with van der Waals surface area (Å²) in [5, 5.41) is 14.7. The number of amides is 1. The monoisotopic (exact) mass is 399 g/mol. The van der Waals surface area contributed by atoms with Crippen molar-refractivity contribution >= 4 is 17.9 Å². The summed E-state index contributed by atoms with van der Waals surface area (Å²) < 4.78 is 0. The number of aromatic nitrogens is 2. The van der Waals surface area contributed by atoms with E-state index in [4.69, 9.17) is 10.8 Å². The molecule has 0 radical (unpaired) electrons. The SMILES string of the molecule is Cc1cc(C)cc(-c2cc(NCCCCCCC(C)(C)NC(=O)O)nc(N)n2)c1. The average Bonchev–Trinajstić information content (AvgIpc) is 2.58. The molecule has 0 bridgehead atoms. The van der Waals surface area contributed by atoms with E-state index in [9.17, 15) is 4.79 Å². The Hall–Kier alpha value is -2.83. The van der Waals surface area contributed by atoms with Crippen molar-refractivity contribution in [1.82, 2.24) is 15.3 Å². The third-order valence-corrected chi connectivity index (χ3v) is 4.74. The number of nitrogens with zero attached hydrogens (tertiary/aromatic N) is 2. The van der Waals surface area contributed by atoms with Crippen molar-refractivity contribution in [2.45, 2.75) is 65.3 Å². The van der Waals surface area contributed by atoms with Crippen LogP contribution in [0.4, 0.5) is 16.6 Å². The highest BCUT2D eigenvalue weighted by Gasteiger charge is 2.18. The molecule has 29 heavy (non-hydrogen) atoms. The average molecular weight is 400 g/mol. The van der Waals surface area contributed by atoms with Gasteiger partial charge in [0.25, 0.3) is 0 Å². The van der Waals surface area contributed by atoms with Crippen LogP contribution < -0.4 is 16.4 Å². The fourth-order valence-corrected chi connectivity index (χ4v) is 3.44. The summed E-state index contributed by atoms with van der Waals surface area (Å²) in [6.45, 7) is 8.77. The summed E-state index contributed by atoms with van der Waals surface area (Å²) in [6.07, 6.45) is 3.99. The zero-order valence-electron chi connectivity index (χ0n) is 17.9. The molecule has 0 unspecified atom stereocenters. The number of hydrogen-bond donors (Lipinski definition) is 4. The summed E-state index contributed by atoms with van der Waals surface area (Å²) in [5.41, 5.74) is 9.76. The van der Waals surface area contributed by atoms with E-state index in [0.29, 0.717) is 0 Å². The minimum absolute atomic E-state index is 0.261. The predicted octanol–water partition coefficient (Wildman–Crippen LogP) is 4.75. The molecule has 5 N–H and O–H groups in total. The second-order valence-corrected chi connectivity index (χ2v) is 8.28. The summed E-state index contributed by atoms with van der Waals surface area (Å²) in [4.78, 5) is 19.4. The lowest BCUT2D eigenvalue weighted by Crippen LogP contribution is -2.42. The fourth-order valence-electron chi connectivity index (χ4n) is 3.44. The van der Waals surface area contributed by atoms with Crippen LogP contribution in [-0.4, -0.2) is 33.3 Å². The zero-order valence-corrected chi connectivity index (χ0v) is 17.9. The topological polar surface area (TPSA) is 113 Å². The second kappa shape index (κ2) is 10.1. The Balaban J connectivity index is 1.80. The third kappa shape index (κ3) is 7.97. The van der Waals surface area contributed by atoms with Crippen LogP contribution >= 0.6 is 0 Å². The number of carboxylic acid groups (broad SMARTS) is 1. The lowest BCUT2D eigenvalue weighted by atomic mass is 9.96. The Kier molecular flexibility index (Phi) is 7.82. The fraction of sp³-hybridized carbons (Fsp3) is 0.500. The molecule has 1 heterocycles. The maximum Gasteiger partial charge on any atom is 0.405 e. The zero-order chi connectivity index (χ0) is 21.4. The molecule has 0 aliphatic heterocycles. The molecule has 0 atom stereocenters. The molecule has 158 valence electrons. The van der Waals surface area contributed by atoms with Gasteiger partial charge in [0.15, 0.2) is 0 Å². The van der Waals surface area contributed by atoms with Crippen molar-refractivity contribution in [2.75, 3.05) is 17.6 Å². The highest BCUT2D eigenvalue weighted by atomic mass is 16.4. The molecule has 1 aromatic carbocycles. The van der Waals surface area contributed by atoms with Crippen LogP contribution in [0, 0.1) is 13.8 Å². The minimum Gasteiger partial charge on any atom is -0.465 e. The number of nitrogens with one attached hydrogen (secondary N) is 2. The van der Waals surface area contributed by atoms with Gasteiger partial charge in [0.05, 0.1) is 5.69 Å². The van der Waals surface area contributed by atoms with Gasteiger partial charge in [-0.3, -0.25) is 0 Å². The standard InChI is InChI=1S/C22H33N5O2/c1-15-11-16(2)13-17(12-15)18-14-19(26-20(23)25-18)24-10-8-6-5-7-9-22(3,4)27-21(28)29/h11-14,27H,5-10H2,1-4H3,(H,28,29)(H3,23,24,25,26). The maximum absolute atomic E-state index is 10.8. The van der Waals surface area contributed by atoms with Gasteiger partial charge in [0, 0.05) is 23.7 Å². The normalized spacial score (nSPS) is 11.3. The molecule has 1 amide bonds. The highest BCUT2D eigenvalue weighted by molar-refractivity contribution is 5.66. The smallest absolute Gasteiger partial charge is 0.405 e. The first-order valence-corrected chi connectivity index (χ1v) is 10.1. The quantitative estimate of drug-likeness (QED) is 0.429. The van der Waals surface area contributed by atoms with Gasteiger partial charge >= 0.3 is 6.09 Å². The summed E-state index contributed by atoms with van der Waals surface area (Å²) in [5.74, 6) is 0.996. The van der Waals surface area contributed by atoms with Crippen LogP contribution in [0.15, 0.2) is 24.3 Å². The van der Waals surface area contributed by atoms with E-state index in [2.05, 4.69) is 52.6 Å². The minimum atomic E-state index is -0.969. The number of benzene rings is 1.